The van der Waals surface area contributed by atoms with Crippen molar-refractivity contribution in [2.75, 3.05) is 13.1 Å². The van der Waals surface area contributed by atoms with E-state index in [1.807, 2.05) is 0 Å². The molecule has 1 fully saturated rings. The average Bonchev–Trinajstić information content (AvgIpc) is 2.92. The number of para-hydroxylation sites is 1. The second-order valence-electron chi connectivity index (χ2n) is 5.69. The zero-order valence-electron chi connectivity index (χ0n) is 11.0. The van der Waals surface area contributed by atoms with E-state index in [1.165, 1.54) is 37.8 Å². The van der Waals surface area contributed by atoms with Crippen molar-refractivity contribution in [3.05, 3.63) is 29.8 Å². The molecule has 0 spiro atoms. The molecule has 3 rings (SSSR count). The number of ether oxygens (including phenoxy) is 1. The van der Waals surface area contributed by atoms with Crippen LogP contribution in [-0.2, 0) is 6.42 Å². The van der Waals surface area contributed by atoms with E-state index >= 15 is 0 Å². The minimum absolute atomic E-state index is 0.362. The van der Waals surface area contributed by atoms with Crippen molar-refractivity contribution in [1.29, 1.82) is 0 Å². The Morgan fingerprint density at radius 3 is 2.78 bits per heavy atom. The fourth-order valence-electron chi connectivity index (χ4n) is 3.19. The van der Waals surface area contributed by atoms with Crippen molar-refractivity contribution >= 4 is 0 Å². The van der Waals surface area contributed by atoms with Gasteiger partial charge in [-0.2, -0.15) is 0 Å². The molecule has 1 aromatic rings. The van der Waals surface area contributed by atoms with Gasteiger partial charge in [0.2, 0.25) is 0 Å². The van der Waals surface area contributed by atoms with Crippen molar-refractivity contribution in [3.8, 4) is 5.75 Å². The summed E-state index contributed by atoms with van der Waals surface area (Å²) in [4.78, 5) is 0. The molecule has 1 aromatic carbocycles. The van der Waals surface area contributed by atoms with Gasteiger partial charge in [-0.25, -0.2) is 0 Å². The van der Waals surface area contributed by atoms with Gasteiger partial charge in [0, 0.05) is 6.54 Å². The van der Waals surface area contributed by atoms with Crippen LogP contribution < -0.4 is 10.1 Å². The van der Waals surface area contributed by atoms with Crippen LogP contribution in [0.2, 0.25) is 0 Å². The van der Waals surface area contributed by atoms with E-state index in [4.69, 9.17) is 4.74 Å². The number of hydrogen-bond donors (Lipinski definition) is 1. The largest absolute Gasteiger partial charge is 0.489 e. The van der Waals surface area contributed by atoms with Gasteiger partial charge in [-0.15, -0.1) is 0 Å². The molecule has 1 saturated carbocycles. The summed E-state index contributed by atoms with van der Waals surface area (Å²) in [5.74, 6) is 2.01. The summed E-state index contributed by atoms with van der Waals surface area (Å²) in [5.41, 5.74) is 1.37. The highest BCUT2D eigenvalue weighted by Gasteiger charge is 2.20. The van der Waals surface area contributed by atoms with Crippen LogP contribution in [0.3, 0.4) is 0 Å². The van der Waals surface area contributed by atoms with Gasteiger partial charge >= 0.3 is 0 Å². The second-order valence-corrected chi connectivity index (χ2v) is 5.69. The van der Waals surface area contributed by atoms with Gasteiger partial charge in [0.05, 0.1) is 0 Å². The molecule has 1 unspecified atom stereocenters. The number of rotatable bonds is 4. The lowest BCUT2D eigenvalue weighted by Gasteiger charge is -2.26. The third-order valence-corrected chi connectivity index (χ3v) is 4.28. The molecule has 1 aliphatic carbocycles. The highest BCUT2D eigenvalue weighted by Crippen LogP contribution is 2.27. The van der Waals surface area contributed by atoms with E-state index in [0.717, 1.165) is 31.1 Å². The van der Waals surface area contributed by atoms with E-state index < -0.39 is 0 Å². The highest BCUT2D eigenvalue weighted by atomic mass is 16.5. The van der Waals surface area contributed by atoms with Gasteiger partial charge in [-0.05, 0) is 49.8 Å². The van der Waals surface area contributed by atoms with Crippen molar-refractivity contribution in [2.24, 2.45) is 5.92 Å². The van der Waals surface area contributed by atoms with Crippen molar-refractivity contribution in [3.63, 3.8) is 0 Å². The number of benzene rings is 1. The molecule has 2 nitrogen and oxygen atoms in total. The maximum atomic E-state index is 6.03. The average molecular weight is 245 g/mol. The summed E-state index contributed by atoms with van der Waals surface area (Å²) in [7, 11) is 0. The van der Waals surface area contributed by atoms with Crippen LogP contribution in [0.15, 0.2) is 24.3 Å². The molecule has 1 heterocycles. The molecule has 0 amide bonds. The quantitative estimate of drug-likeness (QED) is 0.880. The lowest BCUT2D eigenvalue weighted by molar-refractivity contribution is 0.169. The van der Waals surface area contributed by atoms with Crippen LogP contribution in [0, 0.1) is 5.92 Å². The zero-order valence-corrected chi connectivity index (χ0v) is 11.0. The molecular formula is C16H23NO. The minimum Gasteiger partial charge on any atom is -0.489 e. The summed E-state index contributed by atoms with van der Waals surface area (Å²) in [5, 5.41) is 3.60. The smallest absolute Gasteiger partial charge is 0.122 e. The Balaban J connectivity index is 1.44. The monoisotopic (exact) mass is 245 g/mol. The predicted molar refractivity (Wildman–Crippen MR) is 74.0 cm³/mol. The van der Waals surface area contributed by atoms with E-state index in [0.29, 0.717) is 6.10 Å². The maximum Gasteiger partial charge on any atom is 0.122 e. The maximum absolute atomic E-state index is 6.03. The zero-order chi connectivity index (χ0) is 12.2. The summed E-state index contributed by atoms with van der Waals surface area (Å²) in [6.07, 6.45) is 8.36. The molecule has 0 aromatic heterocycles. The lowest BCUT2D eigenvalue weighted by Crippen LogP contribution is -2.36. The topological polar surface area (TPSA) is 21.3 Å². The lowest BCUT2D eigenvalue weighted by atomic mass is 10.0. The molecule has 18 heavy (non-hydrogen) atoms. The van der Waals surface area contributed by atoms with Gasteiger partial charge in [0.1, 0.15) is 11.9 Å². The summed E-state index contributed by atoms with van der Waals surface area (Å²) >= 11 is 0. The molecule has 2 aliphatic rings. The van der Waals surface area contributed by atoms with Crippen LogP contribution >= 0.6 is 0 Å². The van der Waals surface area contributed by atoms with Crippen LogP contribution in [-0.4, -0.2) is 19.2 Å². The van der Waals surface area contributed by atoms with Gasteiger partial charge in [0.15, 0.2) is 0 Å². The fraction of sp³-hybridized carbons (Fsp3) is 0.625. The molecule has 1 N–H and O–H groups in total. The Morgan fingerprint density at radius 1 is 1.06 bits per heavy atom. The van der Waals surface area contributed by atoms with Crippen molar-refractivity contribution < 1.29 is 4.74 Å². The Hall–Kier alpha value is -1.02. The van der Waals surface area contributed by atoms with Gasteiger partial charge in [-0.3, -0.25) is 0 Å². The first-order chi connectivity index (χ1) is 8.92. The first-order valence-corrected chi connectivity index (χ1v) is 7.37. The number of nitrogens with one attached hydrogen (secondary N) is 1. The molecule has 98 valence electrons. The van der Waals surface area contributed by atoms with Crippen LogP contribution in [0.1, 0.15) is 37.7 Å². The molecule has 1 atom stereocenters. The molecule has 0 bridgehead atoms. The van der Waals surface area contributed by atoms with Crippen LogP contribution in [0.5, 0.6) is 5.75 Å². The van der Waals surface area contributed by atoms with E-state index in [2.05, 4.69) is 29.6 Å². The van der Waals surface area contributed by atoms with Crippen LogP contribution in [0.4, 0.5) is 0 Å². The number of hydrogen-bond acceptors (Lipinski definition) is 2. The molecule has 1 aliphatic heterocycles. The molecule has 2 heteroatoms. The fourth-order valence-corrected chi connectivity index (χ4v) is 3.19. The minimum atomic E-state index is 0.362. The molecule has 0 saturated heterocycles. The second kappa shape index (κ2) is 5.75. The normalized spacial score (nSPS) is 23.7. The highest BCUT2D eigenvalue weighted by molar-refractivity contribution is 5.35. The predicted octanol–water partition coefficient (Wildman–Crippen LogP) is 3.16. The first-order valence-electron chi connectivity index (χ1n) is 7.37. The third-order valence-electron chi connectivity index (χ3n) is 4.28. The number of aryl methyl sites for hydroxylation is 1. The Bertz CT molecular complexity index is 384. The van der Waals surface area contributed by atoms with Crippen molar-refractivity contribution in [2.45, 2.75) is 44.6 Å². The molecular weight excluding hydrogens is 222 g/mol. The van der Waals surface area contributed by atoms with E-state index in [9.17, 15) is 0 Å². The van der Waals surface area contributed by atoms with Gasteiger partial charge in [0.25, 0.3) is 0 Å². The summed E-state index contributed by atoms with van der Waals surface area (Å²) in [6, 6.07) is 8.43. The van der Waals surface area contributed by atoms with E-state index in [-0.39, 0.29) is 0 Å². The summed E-state index contributed by atoms with van der Waals surface area (Å²) < 4.78 is 6.03. The molecule has 0 radical (unpaired) electrons. The Labute approximate surface area is 110 Å². The van der Waals surface area contributed by atoms with Crippen molar-refractivity contribution in [1.82, 2.24) is 5.32 Å². The van der Waals surface area contributed by atoms with Gasteiger partial charge < -0.3 is 10.1 Å². The van der Waals surface area contributed by atoms with Crippen LogP contribution in [0.25, 0.3) is 0 Å². The SMILES string of the molecule is c1ccc2c(c1)CCC(CNCC1CCCC1)O2. The van der Waals surface area contributed by atoms with Gasteiger partial charge in [-0.1, -0.05) is 31.0 Å². The first kappa shape index (κ1) is 12.0. The summed E-state index contributed by atoms with van der Waals surface area (Å²) in [6.45, 7) is 2.19. The van der Waals surface area contributed by atoms with E-state index in [1.54, 1.807) is 0 Å². The number of fused-ring (bicyclic) bond motifs is 1. The Kier molecular flexibility index (Phi) is 3.84. The Morgan fingerprint density at radius 2 is 1.89 bits per heavy atom. The third kappa shape index (κ3) is 2.86. The standard InChI is InChI=1S/C16H23NO/c1-2-6-13(5-1)11-17-12-15-10-9-14-7-3-4-8-16(14)18-15/h3-4,7-8,13,15,17H,1-2,5-6,9-12H2.